The minimum Gasteiger partial charge on any atom is -0.462 e. The Morgan fingerprint density at radius 1 is 0.313 bits per heavy atom. The zero-order valence-electron chi connectivity index (χ0n) is 44.4. The molecule has 0 bridgehead atoms. The van der Waals surface area contributed by atoms with Gasteiger partial charge in [0, 0.05) is 19.3 Å². The Hall–Kier alpha value is -2.89. The first-order chi connectivity index (χ1) is 33.0. The summed E-state index contributed by atoms with van der Waals surface area (Å²) >= 11 is 0. The van der Waals surface area contributed by atoms with Gasteiger partial charge in [0.1, 0.15) is 13.2 Å². The number of unbranched alkanes of at least 4 members (excludes halogenated alkanes) is 31. The first kappa shape index (κ1) is 64.1. The molecule has 0 fully saturated rings. The van der Waals surface area contributed by atoms with E-state index in [0.29, 0.717) is 19.3 Å². The van der Waals surface area contributed by atoms with E-state index in [0.717, 1.165) is 103 Å². The van der Waals surface area contributed by atoms with Crippen LogP contribution in [0.2, 0.25) is 0 Å². The maximum absolute atomic E-state index is 12.8. The highest BCUT2D eigenvalue weighted by Crippen LogP contribution is 2.16. The molecule has 0 aromatic rings. The van der Waals surface area contributed by atoms with E-state index < -0.39 is 6.10 Å². The average molecular weight is 938 g/mol. The Balaban J connectivity index is 4.35. The van der Waals surface area contributed by atoms with Crippen molar-refractivity contribution in [3.63, 3.8) is 0 Å². The zero-order valence-corrected chi connectivity index (χ0v) is 44.4. The summed E-state index contributed by atoms with van der Waals surface area (Å²) in [4.78, 5) is 38.1. The number of rotatable bonds is 52. The molecule has 388 valence electrons. The van der Waals surface area contributed by atoms with Crippen LogP contribution in [0.4, 0.5) is 0 Å². The fraction of sp³-hybridized carbons (Fsp3) is 0.787. The van der Waals surface area contributed by atoms with Crippen LogP contribution in [0.5, 0.6) is 0 Å². The fourth-order valence-electron chi connectivity index (χ4n) is 8.19. The SMILES string of the molecule is CC/C=C\C/C=C\C/C=C\C/C=C\CCCCCCCCCCC(=O)OCC(COC(=O)CCCCCCCCCCCCCCC)OC(=O)CCCCCCC/C=C\CCCCCCCC. The highest BCUT2D eigenvalue weighted by atomic mass is 16.6. The second-order valence-corrected chi connectivity index (χ2v) is 19.2. The van der Waals surface area contributed by atoms with Crippen molar-refractivity contribution in [3.8, 4) is 0 Å². The normalized spacial score (nSPS) is 12.5. The van der Waals surface area contributed by atoms with E-state index in [1.165, 1.54) is 148 Å². The van der Waals surface area contributed by atoms with Crippen LogP contribution in [0.1, 0.15) is 290 Å². The van der Waals surface area contributed by atoms with Crippen LogP contribution in [0.3, 0.4) is 0 Å². The first-order valence-electron chi connectivity index (χ1n) is 28.8. The van der Waals surface area contributed by atoms with E-state index in [2.05, 4.69) is 81.5 Å². The van der Waals surface area contributed by atoms with Crippen LogP contribution in [-0.2, 0) is 28.6 Å². The van der Waals surface area contributed by atoms with Gasteiger partial charge in [-0.25, -0.2) is 0 Å². The van der Waals surface area contributed by atoms with E-state index in [9.17, 15) is 14.4 Å². The fourth-order valence-corrected chi connectivity index (χ4v) is 8.19. The standard InChI is InChI=1S/C61H108O6/c1-4-7-10-13-16-19-22-25-27-28-29-30-31-32-34-36-39-42-45-48-51-54-60(63)66-57-58(56-65-59(62)53-50-47-44-41-38-35-24-21-18-15-12-9-6-3)67-61(64)55-52-49-46-43-40-37-33-26-23-20-17-14-11-8-5-2/h7,10,16,19,25-27,29-30,33,58H,4-6,8-9,11-15,17-18,20-24,28,31-32,34-57H2,1-3H3/b10-7-,19-16-,27-25-,30-29-,33-26-. The van der Waals surface area contributed by atoms with Crippen LogP contribution in [0.25, 0.3) is 0 Å². The Bertz CT molecular complexity index is 1210. The first-order valence-corrected chi connectivity index (χ1v) is 28.8. The van der Waals surface area contributed by atoms with Crippen molar-refractivity contribution >= 4 is 17.9 Å². The van der Waals surface area contributed by atoms with Gasteiger partial charge in [-0.15, -0.1) is 0 Å². The van der Waals surface area contributed by atoms with Gasteiger partial charge in [-0.2, -0.15) is 0 Å². The molecular weight excluding hydrogens is 829 g/mol. The molecule has 1 atom stereocenters. The van der Waals surface area contributed by atoms with Crippen molar-refractivity contribution < 1.29 is 28.6 Å². The smallest absolute Gasteiger partial charge is 0.306 e. The Kier molecular flexibility index (Phi) is 53.3. The quantitative estimate of drug-likeness (QED) is 0.0262. The maximum Gasteiger partial charge on any atom is 0.306 e. The molecule has 0 aliphatic heterocycles. The molecule has 0 N–H and O–H groups in total. The highest BCUT2D eigenvalue weighted by molar-refractivity contribution is 5.71. The number of hydrogen-bond donors (Lipinski definition) is 0. The molecule has 0 heterocycles. The van der Waals surface area contributed by atoms with Crippen molar-refractivity contribution in [3.05, 3.63) is 60.8 Å². The van der Waals surface area contributed by atoms with E-state index in [1.54, 1.807) is 0 Å². The summed E-state index contributed by atoms with van der Waals surface area (Å²) < 4.78 is 16.9. The average Bonchev–Trinajstić information content (AvgIpc) is 3.33. The van der Waals surface area contributed by atoms with Gasteiger partial charge in [0.2, 0.25) is 0 Å². The summed E-state index contributed by atoms with van der Waals surface area (Å²) in [5, 5.41) is 0. The molecule has 0 aliphatic carbocycles. The predicted octanol–water partition coefficient (Wildman–Crippen LogP) is 19.2. The van der Waals surface area contributed by atoms with E-state index in [4.69, 9.17) is 14.2 Å². The topological polar surface area (TPSA) is 78.9 Å². The summed E-state index contributed by atoms with van der Waals surface area (Å²) in [6.45, 7) is 6.53. The Morgan fingerprint density at radius 3 is 0.925 bits per heavy atom. The molecule has 0 saturated carbocycles. The van der Waals surface area contributed by atoms with Gasteiger partial charge in [-0.1, -0.05) is 248 Å². The lowest BCUT2D eigenvalue weighted by Gasteiger charge is -2.18. The molecule has 6 heteroatoms. The van der Waals surface area contributed by atoms with Gasteiger partial charge >= 0.3 is 17.9 Å². The Morgan fingerprint density at radius 2 is 0.582 bits per heavy atom. The predicted molar refractivity (Wildman–Crippen MR) is 288 cm³/mol. The van der Waals surface area contributed by atoms with Crippen LogP contribution >= 0.6 is 0 Å². The van der Waals surface area contributed by atoms with Crippen LogP contribution in [0.15, 0.2) is 60.8 Å². The minimum absolute atomic E-state index is 0.0773. The largest absolute Gasteiger partial charge is 0.462 e. The third-order valence-electron chi connectivity index (χ3n) is 12.5. The lowest BCUT2D eigenvalue weighted by atomic mass is 10.0. The summed E-state index contributed by atoms with van der Waals surface area (Å²) in [6, 6.07) is 0. The number of carbonyl (C=O) groups is 3. The third kappa shape index (κ3) is 53.9. The van der Waals surface area contributed by atoms with Crippen molar-refractivity contribution in [1.82, 2.24) is 0 Å². The van der Waals surface area contributed by atoms with Gasteiger partial charge in [0.15, 0.2) is 6.10 Å². The molecule has 1 unspecified atom stereocenters. The van der Waals surface area contributed by atoms with Gasteiger partial charge in [-0.3, -0.25) is 14.4 Å². The summed E-state index contributed by atoms with van der Waals surface area (Å²) in [7, 11) is 0. The number of hydrogen-bond acceptors (Lipinski definition) is 6. The number of ether oxygens (including phenoxy) is 3. The molecule has 6 nitrogen and oxygen atoms in total. The lowest BCUT2D eigenvalue weighted by molar-refractivity contribution is -0.167. The highest BCUT2D eigenvalue weighted by Gasteiger charge is 2.19. The molecule has 0 aromatic carbocycles. The van der Waals surface area contributed by atoms with Gasteiger partial charge in [-0.05, 0) is 83.5 Å². The number of esters is 3. The van der Waals surface area contributed by atoms with Gasteiger partial charge in [0.05, 0.1) is 0 Å². The molecule has 0 spiro atoms. The summed E-state index contributed by atoms with van der Waals surface area (Å²) in [6.07, 6.45) is 69.2. The zero-order chi connectivity index (χ0) is 48.6. The summed E-state index contributed by atoms with van der Waals surface area (Å²) in [5.41, 5.74) is 0. The summed E-state index contributed by atoms with van der Waals surface area (Å²) in [5.74, 6) is -0.882. The molecule has 0 rings (SSSR count). The molecular formula is C61H108O6. The minimum atomic E-state index is -0.780. The molecule has 0 radical (unpaired) electrons. The van der Waals surface area contributed by atoms with Gasteiger partial charge < -0.3 is 14.2 Å². The molecule has 0 saturated heterocycles. The van der Waals surface area contributed by atoms with E-state index in [-0.39, 0.29) is 31.1 Å². The Labute approximate surface area is 415 Å². The van der Waals surface area contributed by atoms with Crippen molar-refractivity contribution in [2.45, 2.75) is 297 Å². The molecule has 67 heavy (non-hydrogen) atoms. The molecule has 0 amide bonds. The van der Waals surface area contributed by atoms with E-state index >= 15 is 0 Å². The second-order valence-electron chi connectivity index (χ2n) is 19.2. The van der Waals surface area contributed by atoms with Gasteiger partial charge in [0.25, 0.3) is 0 Å². The maximum atomic E-state index is 12.8. The second kappa shape index (κ2) is 55.7. The monoisotopic (exact) mass is 937 g/mol. The molecule has 0 aromatic heterocycles. The van der Waals surface area contributed by atoms with Crippen LogP contribution in [0, 0.1) is 0 Å². The van der Waals surface area contributed by atoms with Crippen LogP contribution in [-0.4, -0.2) is 37.2 Å². The van der Waals surface area contributed by atoms with Crippen LogP contribution < -0.4 is 0 Å². The number of carbonyl (C=O) groups excluding carboxylic acids is 3. The van der Waals surface area contributed by atoms with Crippen molar-refractivity contribution in [2.75, 3.05) is 13.2 Å². The van der Waals surface area contributed by atoms with Crippen molar-refractivity contribution in [2.24, 2.45) is 0 Å². The lowest BCUT2D eigenvalue weighted by Crippen LogP contribution is -2.30. The number of allylic oxidation sites excluding steroid dienone is 10. The van der Waals surface area contributed by atoms with Crippen molar-refractivity contribution in [1.29, 1.82) is 0 Å². The molecule has 0 aliphatic rings. The van der Waals surface area contributed by atoms with E-state index in [1.807, 2.05) is 0 Å². The third-order valence-corrected chi connectivity index (χ3v) is 12.5.